The number of thioether (sulfide) groups is 1. The van der Waals surface area contributed by atoms with Crippen molar-refractivity contribution in [2.24, 2.45) is 5.92 Å². The SMILES string of the molecule is C=CCn1c(SCC(=O)Nc2ccc([N+](=O)[O-])cc2)nnc1[C@@H](NC(=O)c1ccc(Cl)cc1Cl)C(C)C. The fraction of sp³-hybridized carbons (Fsp3) is 0.250. The Morgan fingerprint density at radius 1 is 1.19 bits per heavy atom. The Hall–Kier alpha value is -3.41. The number of allylic oxidation sites excluding steroid dienone is 1. The number of hydrogen-bond acceptors (Lipinski definition) is 7. The molecule has 0 aliphatic carbocycles. The number of amides is 2. The number of benzene rings is 2. The summed E-state index contributed by atoms with van der Waals surface area (Å²) in [7, 11) is 0. The minimum absolute atomic E-state index is 0.0192. The van der Waals surface area contributed by atoms with Gasteiger partial charge in [0, 0.05) is 29.4 Å². The van der Waals surface area contributed by atoms with Gasteiger partial charge in [-0.25, -0.2) is 0 Å². The highest BCUT2D eigenvalue weighted by molar-refractivity contribution is 7.99. The highest BCUT2D eigenvalue weighted by Crippen LogP contribution is 2.27. The Bertz CT molecular complexity index is 1310. The number of nitrogens with zero attached hydrogens (tertiary/aromatic N) is 4. The van der Waals surface area contributed by atoms with Gasteiger partial charge in [0.2, 0.25) is 5.91 Å². The standard InChI is InChI=1S/C24H24Cl2N6O4S/c1-4-11-31-22(21(14(2)3)28-23(34)18-10-5-15(25)12-19(18)26)29-30-24(31)37-13-20(33)27-16-6-8-17(9-7-16)32(35)36/h4-10,12,14,21H,1,11,13H2,2-3H3,(H,27,33)(H,28,34)/t21-/m0/s1. The fourth-order valence-corrected chi connectivity index (χ4v) is 4.60. The summed E-state index contributed by atoms with van der Waals surface area (Å²) < 4.78 is 1.78. The van der Waals surface area contributed by atoms with Crippen LogP contribution < -0.4 is 10.6 Å². The minimum atomic E-state index is -0.512. The number of halogens is 2. The van der Waals surface area contributed by atoms with Crippen LogP contribution in [-0.4, -0.2) is 37.3 Å². The minimum Gasteiger partial charge on any atom is -0.342 e. The summed E-state index contributed by atoms with van der Waals surface area (Å²) >= 11 is 13.3. The van der Waals surface area contributed by atoms with E-state index in [-0.39, 0.29) is 39.8 Å². The zero-order chi connectivity index (χ0) is 27.1. The number of nitro groups is 1. The number of nitro benzene ring substituents is 1. The molecule has 0 fully saturated rings. The van der Waals surface area contributed by atoms with E-state index in [2.05, 4.69) is 27.4 Å². The molecule has 0 radical (unpaired) electrons. The molecule has 10 nitrogen and oxygen atoms in total. The molecule has 2 aromatic carbocycles. The molecular weight excluding hydrogens is 539 g/mol. The van der Waals surface area contributed by atoms with E-state index in [1.807, 2.05) is 13.8 Å². The van der Waals surface area contributed by atoms with Crippen molar-refractivity contribution in [3.05, 3.63) is 86.7 Å². The largest absolute Gasteiger partial charge is 0.342 e. The van der Waals surface area contributed by atoms with E-state index in [0.717, 1.165) is 11.8 Å². The summed E-state index contributed by atoms with van der Waals surface area (Å²) in [6, 6.07) is 9.68. The third kappa shape index (κ3) is 7.31. The van der Waals surface area contributed by atoms with Crippen LogP contribution in [0.15, 0.2) is 60.3 Å². The van der Waals surface area contributed by atoms with Crippen LogP contribution >= 0.6 is 35.0 Å². The third-order valence-electron chi connectivity index (χ3n) is 5.16. The number of rotatable bonds is 11. The quantitative estimate of drug-likeness (QED) is 0.136. The van der Waals surface area contributed by atoms with Crippen LogP contribution in [0.4, 0.5) is 11.4 Å². The summed E-state index contributed by atoms with van der Waals surface area (Å²) in [5.74, 6) is -0.228. The molecule has 3 rings (SSSR count). The Morgan fingerprint density at radius 2 is 1.89 bits per heavy atom. The predicted octanol–water partition coefficient (Wildman–Crippen LogP) is 5.54. The maximum absolute atomic E-state index is 13.0. The fourth-order valence-electron chi connectivity index (χ4n) is 3.35. The Kier molecular flexibility index (Phi) is 9.67. The molecule has 0 bridgehead atoms. The van der Waals surface area contributed by atoms with Crippen molar-refractivity contribution in [1.82, 2.24) is 20.1 Å². The molecule has 0 spiro atoms. The van der Waals surface area contributed by atoms with Crippen molar-refractivity contribution < 1.29 is 14.5 Å². The molecule has 194 valence electrons. The summed E-state index contributed by atoms with van der Waals surface area (Å²) in [5.41, 5.74) is 0.652. The van der Waals surface area contributed by atoms with Gasteiger partial charge < -0.3 is 15.2 Å². The van der Waals surface area contributed by atoms with Crippen molar-refractivity contribution in [3.63, 3.8) is 0 Å². The van der Waals surface area contributed by atoms with Gasteiger partial charge in [-0.2, -0.15) is 0 Å². The lowest BCUT2D eigenvalue weighted by molar-refractivity contribution is -0.384. The van der Waals surface area contributed by atoms with Crippen LogP contribution in [0.5, 0.6) is 0 Å². The van der Waals surface area contributed by atoms with Gasteiger partial charge in [-0.3, -0.25) is 19.7 Å². The Balaban J connectivity index is 1.74. The first-order chi connectivity index (χ1) is 17.6. The van der Waals surface area contributed by atoms with Crippen LogP contribution in [0.3, 0.4) is 0 Å². The zero-order valence-corrected chi connectivity index (χ0v) is 22.3. The molecule has 0 aliphatic rings. The second-order valence-corrected chi connectivity index (χ2v) is 9.99. The van der Waals surface area contributed by atoms with Crippen LogP contribution in [0.1, 0.15) is 36.1 Å². The number of carbonyl (C=O) groups excluding carboxylic acids is 2. The number of carbonyl (C=O) groups is 2. The van der Waals surface area contributed by atoms with Crippen molar-refractivity contribution in [1.29, 1.82) is 0 Å². The topological polar surface area (TPSA) is 132 Å². The van der Waals surface area contributed by atoms with E-state index in [1.165, 1.54) is 30.3 Å². The van der Waals surface area contributed by atoms with E-state index in [1.54, 1.807) is 22.8 Å². The smallest absolute Gasteiger partial charge is 0.269 e. The first-order valence-electron chi connectivity index (χ1n) is 11.1. The molecule has 1 atom stereocenters. The molecule has 1 aromatic heterocycles. The number of anilines is 1. The van der Waals surface area contributed by atoms with Crippen molar-refractivity contribution in [2.75, 3.05) is 11.1 Å². The predicted molar refractivity (Wildman–Crippen MR) is 144 cm³/mol. The molecule has 0 saturated heterocycles. The molecule has 2 amide bonds. The van der Waals surface area contributed by atoms with Crippen LogP contribution in [0.25, 0.3) is 0 Å². The number of hydrogen-bond donors (Lipinski definition) is 2. The number of nitrogens with one attached hydrogen (secondary N) is 2. The lowest BCUT2D eigenvalue weighted by atomic mass is 10.0. The van der Waals surface area contributed by atoms with Gasteiger partial charge in [0.1, 0.15) is 0 Å². The molecule has 0 unspecified atom stereocenters. The molecular formula is C24H24Cl2N6O4S. The molecule has 13 heteroatoms. The summed E-state index contributed by atoms with van der Waals surface area (Å²) in [4.78, 5) is 35.7. The van der Waals surface area contributed by atoms with Gasteiger partial charge in [-0.1, -0.05) is 54.9 Å². The van der Waals surface area contributed by atoms with Gasteiger partial charge in [0.15, 0.2) is 11.0 Å². The molecule has 3 aromatic rings. The average molecular weight is 563 g/mol. The van der Waals surface area contributed by atoms with E-state index in [9.17, 15) is 19.7 Å². The van der Waals surface area contributed by atoms with Crippen LogP contribution in [0.2, 0.25) is 10.0 Å². The first kappa shape index (κ1) is 28.2. The van der Waals surface area contributed by atoms with Crippen molar-refractivity contribution >= 4 is 58.2 Å². The first-order valence-corrected chi connectivity index (χ1v) is 12.8. The normalized spacial score (nSPS) is 11.7. The third-order valence-corrected chi connectivity index (χ3v) is 6.67. The molecule has 0 aliphatic heterocycles. The second-order valence-electron chi connectivity index (χ2n) is 8.20. The molecule has 2 N–H and O–H groups in total. The zero-order valence-electron chi connectivity index (χ0n) is 20.0. The van der Waals surface area contributed by atoms with E-state index >= 15 is 0 Å². The van der Waals surface area contributed by atoms with Crippen molar-refractivity contribution in [2.45, 2.75) is 31.6 Å². The van der Waals surface area contributed by atoms with Gasteiger partial charge >= 0.3 is 0 Å². The molecule has 0 saturated carbocycles. The lowest BCUT2D eigenvalue weighted by Crippen LogP contribution is -2.34. The van der Waals surface area contributed by atoms with Gasteiger partial charge in [-0.15, -0.1) is 16.8 Å². The van der Waals surface area contributed by atoms with E-state index in [4.69, 9.17) is 23.2 Å². The van der Waals surface area contributed by atoms with Crippen molar-refractivity contribution in [3.8, 4) is 0 Å². The summed E-state index contributed by atoms with van der Waals surface area (Å²) in [6.07, 6.45) is 1.67. The second kappa shape index (κ2) is 12.7. The average Bonchev–Trinajstić information content (AvgIpc) is 3.23. The molecule has 1 heterocycles. The van der Waals surface area contributed by atoms with E-state index in [0.29, 0.717) is 28.2 Å². The highest BCUT2D eigenvalue weighted by Gasteiger charge is 2.27. The van der Waals surface area contributed by atoms with Gasteiger partial charge in [0.05, 0.1) is 27.3 Å². The van der Waals surface area contributed by atoms with Crippen LogP contribution in [-0.2, 0) is 11.3 Å². The van der Waals surface area contributed by atoms with E-state index < -0.39 is 11.0 Å². The number of aromatic nitrogens is 3. The summed E-state index contributed by atoms with van der Waals surface area (Å²) in [5, 5.41) is 26.1. The number of non-ortho nitro benzene ring substituents is 1. The van der Waals surface area contributed by atoms with Gasteiger partial charge in [-0.05, 0) is 36.2 Å². The van der Waals surface area contributed by atoms with Crippen LogP contribution in [0, 0.1) is 16.0 Å². The molecule has 37 heavy (non-hydrogen) atoms. The maximum Gasteiger partial charge on any atom is 0.269 e. The summed E-state index contributed by atoms with van der Waals surface area (Å²) in [6.45, 7) is 8.02. The Morgan fingerprint density at radius 3 is 2.49 bits per heavy atom. The highest BCUT2D eigenvalue weighted by atomic mass is 35.5. The lowest BCUT2D eigenvalue weighted by Gasteiger charge is -2.23. The Labute approximate surface area is 227 Å². The monoisotopic (exact) mass is 562 g/mol. The maximum atomic E-state index is 13.0. The van der Waals surface area contributed by atoms with Gasteiger partial charge in [0.25, 0.3) is 11.6 Å².